The van der Waals surface area contributed by atoms with Gasteiger partial charge in [0.05, 0.1) is 5.38 Å². The summed E-state index contributed by atoms with van der Waals surface area (Å²) in [6.07, 6.45) is 0.629. The van der Waals surface area contributed by atoms with Crippen LogP contribution < -0.4 is 0 Å². The van der Waals surface area contributed by atoms with Crippen LogP contribution >= 0.6 is 11.6 Å². The number of alkyl halides is 1. The Balaban J connectivity index is 2.85. The van der Waals surface area contributed by atoms with Crippen LogP contribution in [0.15, 0.2) is 18.2 Å². The third-order valence-corrected chi connectivity index (χ3v) is 2.81. The van der Waals surface area contributed by atoms with Crippen molar-refractivity contribution in [3.8, 4) is 0 Å². The molecular weight excluding hydrogens is 196 g/mol. The minimum Gasteiger partial charge on any atom is -0.298 e. The van der Waals surface area contributed by atoms with Crippen molar-refractivity contribution in [2.24, 2.45) is 0 Å². The zero-order valence-electron chi connectivity index (χ0n) is 8.80. The molecule has 0 heterocycles. The van der Waals surface area contributed by atoms with Crippen molar-refractivity contribution in [2.75, 3.05) is 0 Å². The van der Waals surface area contributed by atoms with E-state index in [9.17, 15) is 4.79 Å². The van der Waals surface area contributed by atoms with Crippen molar-refractivity contribution >= 4 is 17.4 Å². The average molecular weight is 211 g/mol. The number of halogens is 1. The lowest BCUT2D eigenvalue weighted by Gasteiger charge is -2.09. The van der Waals surface area contributed by atoms with Gasteiger partial charge in [0.15, 0.2) is 0 Å². The molecule has 0 spiro atoms. The van der Waals surface area contributed by atoms with Gasteiger partial charge in [0.25, 0.3) is 0 Å². The molecule has 0 bridgehead atoms. The average Bonchev–Trinajstić information content (AvgIpc) is 2.11. The monoisotopic (exact) mass is 210 g/mol. The Morgan fingerprint density at radius 3 is 2.64 bits per heavy atom. The van der Waals surface area contributed by atoms with Crippen molar-refractivity contribution in [1.82, 2.24) is 0 Å². The predicted octanol–water partition coefficient (Wildman–Crippen LogP) is 3.04. The minimum absolute atomic E-state index is 0.0348. The maximum atomic E-state index is 11.0. The van der Waals surface area contributed by atoms with Crippen molar-refractivity contribution in [3.05, 3.63) is 34.9 Å². The highest BCUT2D eigenvalue weighted by Gasteiger charge is 2.12. The molecule has 1 atom stereocenters. The third-order valence-electron chi connectivity index (χ3n) is 2.34. The first-order valence-corrected chi connectivity index (χ1v) is 5.15. The van der Waals surface area contributed by atoms with Crippen molar-refractivity contribution in [3.63, 3.8) is 0 Å². The lowest BCUT2D eigenvalue weighted by molar-refractivity contribution is -0.116. The van der Waals surface area contributed by atoms with E-state index in [1.54, 1.807) is 0 Å². The summed E-state index contributed by atoms with van der Waals surface area (Å²) in [5.74, 6) is 0.0348. The minimum atomic E-state index is -0.393. The maximum absolute atomic E-state index is 11.0. The largest absolute Gasteiger partial charge is 0.298 e. The van der Waals surface area contributed by atoms with Gasteiger partial charge in [-0.2, -0.15) is 0 Å². The molecule has 76 valence electrons. The molecule has 0 aliphatic rings. The summed E-state index contributed by atoms with van der Waals surface area (Å²) >= 11 is 5.93. The van der Waals surface area contributed by atoms with Crippen molar-refractivity contribution < 1.29 is 4.79 Å². The van der Waals surface area contributed by atoms with Crippen molar-refractivity contribution in [2.45, 2.75) is 32.6 Å². The normalized spacial score (nSPS) is 12.6. The summed E-state index contributed by atoms with van der Waals surface area (Å²) < 4.78 is 0. The molecule has 0 aliphatic carbocycles. The SMILES string of the molecule is CC(=O)C(Cl)Cc1cc(C)ccc1C. The Morgan fingerprint density at radius 1 is 1.43 bits per heavy atom. The van der Waals surface area contributed by atoms with Crippen LogP contribution in [0, 0.1) is 13.8 Å². The van der Waals surface area contributed by atoms with E-state index < -0.39 is 5.38 Å². The van der Waals surface area contributed by atoms with E-state index in [1.165, 1.54) is 23.6 Å². The summed E-state index contributed by atoms with van der Waals surface area (Å²) in [5.41, 5.74) is 3.57. The maximum Gasteiger partial charge on any atom is 0.147 e. The molecule has 1 aromatic rings. The van der Waals surface area contributed by atoms with Gasteiger partial charge >= 0.3 is 0 Å². The molecular formula is C12H15ClO. The fourth-order valence-electron chi connectivity index (χ4n) is 1.36. The second-order valence-corrected chi connectivity index (χ2v) is 4.24. The second-order valence-electron chi connectivity index (χ2n) is 3.71. The van der Waals surface area contributed by atoms with E-state index in [4.69, 9.17) is 11.6 Å². The van der Waals surface area contributed by atoms with Gasteiger partial charge < -0.3 is 0 Å². The first kappa shape index (κ1) is 11.3. The molecule has 14 heavy (non-hydrogen) atoms. The summed E-state index contributed by atoms with van der Waals surface area (Å²) in [4.78, 5) is 11.0. The number of carbonyl (C=O) groups is 1. The lowest BCUT2D eigenvalue weighted by atomic mass is 10.0. The van der Waals surface area contributed by atoms with Crippen LogP contribution in [-0.2, 0) is 11.2 Å². The Kier molecular flexibility index (Phi) is 3.70. The van der Waals surface area contributed by atoms with Crippen LogP contribution in [0.25, 0.3) is 0 Å². The molecule has 0 aromatic heterocycles. The van der Waals surface area contributed by atoms with Crippen LogP contribution in [0.5, 0.6) is 0 Å². The molecule has 0 aliphatic heterocycles. The molecule has 0 amide bonds. The van der Waals surface area contributed by atoms with Gasteiger partial charge in [0.2, 0.25) is 0 Å². The first-order valence-electron chi connectivity index (χ1n) is 4.71. The number of aryl methyl sites for hydroxylation is 2. The van der Waals surface area contributed by atoms with Gasteiger partial charge in [-0.25, -0.2) is 0 Å². The highest BCUT2D eigenvalue weighted by molar-refractivity contribution is 6.30. The fraction of sp³-hybridized carbons (Fsp3) is 0.417. The van der Waals surface area contributed by atoms with E-state index in [1.807, 2.05) is 13.8 Å². The first-order chi connectivity index (χ1) is 6.50. The van der Waals surface area contributed by atoms with Crippen LogP contribution in [0.2, 0.25) is 0 Å². The van der Waals surface area contributed by atoms with Gasteiger partial charge in [-0.05, 0) is 38.3 Å². The molecule has 0 saturated carbocycles. The summed E-state index contributed by atoms with van der Waals surface area (Å²) in [5, 5.41) is -0.393. The fourth-order valence-corrected chi connectivity index (χ4v) is 1.52. The third kappa shape index (κ3) is 2.85. The van der Waals surface area contributed by atoms with Crippen LogP contribution in [-0.4, -0.2) is 11.2 Å². The Hall–Kier alpha value is -0.820. The summed E-state index contributed by atoms with van der Waals surface area (Å²) in [6.45, 7) is 5.61. The van der Waals surface area contributed by atoms with Gasteiger partial charge in [0.1, 0.15) is 5.78 Å². The molecule has 0 N–H and O–H groups in total. The van der Waals surface area contributed by atoms with Gasteiger partial charge in [-0.15, -0.1) is 11.6 Å². The number of ketones is 1. The molecule has 0 fully saturated rings. The standard InChI is InChI=1S/C12H15ClO/c1-8-4-5-9(2)11(6-8)7-12(13)10(3)14/h4-6,12H,7H2,1-3H3. The number of benzene rings is 1. The highest BCUT2D eigenvalue weighted by atomic mass is 35.5. The smallest absolute Gasteiger partial charge is 0.147 e. The highest BCUT2D eigenvalue weighted by Crippen LogP contribution is 2.15. The summed E-state index contributed by atoms with van der Waals surface area (Å²) in [6, 6.07) is 6.22. The van der Waals surface area contributed by atoms with E-state index >= 15 is 0 Å². The van der Waals surface area contributed by atoms with Crippen LogP contribution in [0.4, 0.5) is 0 Å². The number of carbonyl (C=O) groups excluding carboxylic acids is 1. The zero-order valence-corrected chi connectivity index (χ0v) is 9.56. The Labute approximate surface area is 90.1 Å². The lowest BCUT2D eigenvalue weighted by Crippen LogP contribution is -2.14. The molecule has 1 rings (SSSR count). The van der Waals surface area contributed by atoms with E-state index in [0.29, 0.717) is 6.42 Å². The molecule has 1 nitrogen and oxygen atoms in total. The topological polar surface area (TPSA) is 17.1 Å². The number of Topliss-reactive ketones (excluding diaryl/α,β-unsaturated/α-hetero) is 1. The Morgan fingerprint density at radius 2 is 2.07 bits per heavy atom. The Bertz CT molecular complexity index is 344. The van der Waals surface area contributed by atoms with Crippen LogP contribution in [0.3, 0.4) is 0 Å². The van der Waals surface area contributed by atoms with E-state index in [0.717, 1.165) is 0 Å². The molecule has 0 radical (unpaired) electrons. The van der Waals surface area contributed by atoms with Crippen LogP contribution in [0.1, 0.15) is 23.6 Å². The number of hydrogen-bond donors (Lipinski definition) is 0. The van der Waals surface area contributed by atoms with Gasteiger partial charge in [0, 0.05) is 0 Å². The summed E-state index contributed by atoms with van der Waals surface area (Å²) in [7, 11) is 0. The van der Waals surface area contributed by atoms with Gasteiger partial charge in [-0.3, -0.25) is 4.79 Å². The molecule has 2 heteroatoms. The van der Waals surface area contributed by atoms with Gasteiger partial charge in [-0.1, -0.05) is 23.8 Å². The number of rotatable bonds is 3. The second kappa shape index (κ2) is 4.61. The van der Waals surface area contributed by atoms with E-state index in [2.05, 4.69) is 18.2 Å². The predicted molar refractivity (Wildman–Crippen MR) is 59.9 cm³/mol. The zero-order chi connectivity index (χ0) is 10.7. The molecule has 0 saturated heterocycles. The quantitative estimate of drug-likeness (QED) is 0.701. The molecule has 1 unspecified atom stereocenters. The van der Waals surface area contributed by atoms with Crippen molar-refractivity contribution in [1.29, 1.82) is 0 Å². The van der Waals surface area contributed by atoms with E-state index in [-0.39, 0.29) is 5.78 Å². The molecule has 1 aromatic carbocycles. The number of hydrogen-bond acceptors (Lipinski definition) is 1.